The molecule has 0 aliphatic heterocycles. The number of nitrogens with one attached hydrogen (secondary N) is 1. The second-order valence-electron chi connectivity index (χ2n) is 7.21. The highest BCUT2D eigenvalue weighted by Gasteiger charge is 2.25. The van der Waals surface area contributed by atoms with E-state index in [-0.39, 0.29) is 10.9 Å². The number of hydrogen-bond acceptors (Lipinski definition) is 4. The summed E-state index contributed by atoms with van der Waals surface area (Å²) in [5.41, 5.74) is 1.98. The monoisotopic (exact) mass is 404 g/mol. The Morgan fingerprint density at radius 1 is 1.19 bits per heavy atom. The van der Waals surface area contributed by atoms with Gasteiger partial charge in [-0.1, -0.05) is 11.6 Å². The van der Waals surface area contributed by atoms with Gasteiger partial charge in [0.25, 0.3) is 0 Å². The van der Waals surface area contributed by atoms with Crippen LogP contribution >= 0.6 is 11.6 Å². The van der Waals surface area contributed by atoms with Crippen LogP contribution < -0.4 is 4.72 Å². The highest BCUT2D eigenvalue weighted by atomic mass is 35.5. The molecule has 0 saturated heterocycles. The van der Waals surface area contributed by atoms with Crippen LogP contribution in [0.4, 0.5) is 0 Å². The number of fused-ring (bicyclic) bond motifs is 1. The molecule has 27 heavy (non-hydrogen) atoms. The first-order chi connectivity index (χ1) is 12.8. The number of nitrogens with zero attached hydrogens (tertiary/aromatic N) is 3. The number of rotatable bonds is 5. The van der Waals surface area contributed by atoms with Crippen LogP contribution in [0.25, 0.3) is 22.4 Å². The molecule has 6 nitrogen and oxygen atoms in total. The summed E-state index contributed by atoms with van der Waals surface area (Å²) in [5.74, 6) is 0.512. The third-order valence-corrected chi connectivity index (χ3v) is 6.65. The molecule has 1 saturated carbocycles. The first-order valence-electron chi connectivity index (χ1n) is 9.00. The third kappa shape index (κ3) is 3.47. The Hall–Kier alpha value is -1.96. The van der Waals surface area contributed by atoms with Gasteiger partial charge in [-0.25, -0.2) is 23.1 Å². The molecule has 8 heteroatoms. The van der Waals surface area contributed by atoms with Crippen LogP contribution in [-0.4, -0.2) is 29.0 Å². The molecule has 0 radical (unpaired) electrons. The van der Waals surface area contributed by atoms with Crippen molar-refractivity contribution in [3.63, 3.8) is 0 Å². The largest absolute Gasteiger partial charge is 0.335 e. The minimum Gasteiger partial charge on any atom is -0.335 e. The Morgan fingerprint density at radius 3 is 2.48 bits per heavy atom. The van der Waals surface area contributed by atoms with Gasteiger partial charge in [-0.3, -0.25) is 0 Å². The maximum Gasteiger partial charge on any atom is 0.243 e. The Bertz CT molecular complexity index is 1090. The summed E-state index contributed by atoms with van der Waals surface area (Å²) in [4.78, 5) is 8.78. The lowest BCUT2D eigenvalue weighted by atomic mass is 9.92. The molecule has 1 fully saturated rings. The van der Waals surface area contributed by atoms with Crippen molar-refractivity contribution < 1.29 is 8.42 Å². The van der Waals surface area contributed by atoms with Crippen LogP contribution in [0, 0.1) is 0 Å². The minimum atomic E-state index is -3.61. The average Bonchev–Trinajstić information content (AvgIpc) is 2.90. The molecule has 1 aliphatic rings. The molecule has 142 valence electrons. The molecule has 0 amide bonds. The van der Waals surface area contributed by atoms with Gasteiger partial charge in [0.1, 0.15) is 4.90 Å². The molecule has 0 spiro atoms. The van der Waals surface area contributed by atoms with Gasteiger partial charge in [-0.05, 0) is 57.4 Å². The van der Waals surface area contributed by atoms with Gasteiger partial charge in [-0.2, -0.15) is 0 Å². The zero-order valence-electron chi connectivity index (χ0n) is 15.2. The van der Waals surface area contributed by atoms with Gasteiger partial charge < -0.3 is 4.57 Å². The fourth-order valence-corrected chi connectivity index (χ4v) is 4.70. The van der Waals surface area contributed by atoms with Crippen LogP contribution in [0.3, 0.4) is 0 Å². The maximum atomic E-state index is 12.3. The van der Waals surface area contributed by atoms with Crippen molar-refractivity contribution in [2.75, 3.05) is 0 Å². The number of halogens is 1. The van der Waals surface area contributed by atoms with Crippen molar-refractivity contribution in [1.82, 2.24) is 19.3 Å². The summed E-state index contributed by atoms with van der Waals surface area (Å²) in [6.45, 7) is 3.55. The summed E-state index contributed by atoms with van der Waals surface area (Å²) in [6, 6.07) is 8.08. The molecule has 1 aromatic carbocycles. The van der Waals surface area contributed by atoms with Crippen molar-refractivity contribution in [3.8, 4) is 11.5 Å². The third-order valence-electron chi connectivity index (χ3n) is 4.80. The first kappa shape index (κ1) is 18.4. The van der Waals surface area contributed by atoms with Crippen molar-refractivity contribution in [1.29, 1.82) is 0 Å². The molecule has 4 rings (SSSR count). The van der Waals surface area contributed by atoms with Crippen LogP contribution in [0.5, 0.6) is 0 Å². The molecule has 2 aromatic heterocycles. The van der Waals surface area contributed by atoms with Crippen molar-refractivity contribution in [2.45, 2.75) is 50.1 Å². The van der Waals surface area contributed by atoms with E-state index in [1.807, 2.05) is 24.3 Å². The topological polar surface area (TPSA) is 76.9 Å². The van der Waals surface area contributed by atoms with E-state index in [0.29, 0.717) is 16.9 Å². The highest BCUT2D eigenvalue weighted by molar-refractivity contribution is 7.89. The Morgan fingerprint density at radius 2 is 1.89 bits per heavy atom. The smallest absolute Gasteiger partial charge is 0.243 e. The maximum absolute atomic E-state index is 12.3. The molecule has 0 bridgehead atoms. The summed E-state index contributed by atoms with van der Waals surface area (Å²) in [6.07, 6.45) is 6.16. The van der Waals surface area contributed by atoms with Crippen molar-refractivity contribution >= 4 is 32.5 Å². The number of sulfonamides is 1. The second kappa shape index (κ2) is 6.89. The van der Waals surface area contributed by atoms with E-state index in [1.165, 1.54) is 18.8 Å². The van der Waals surface area contributed by atoms with E-state index in [0.717, 1.165) is 29.4 Å². The average molecular weight is 405 g/mol. The van der Waals surface area contributed by atoms with Crippen LogP contribution in [0.15, 0.2) is 41.6 Å². The summed E-state index contributed by atoms with van der Waals surface area (Å²) in [7, 11) is -3.61. The van der Waals surface area contributed by atoms with E-state index in [9.17, 15) is 8.42 Å². The van der Waals surface area contributed by atoms with Crippen LogP contribution in [0.2, 0.25) is 5.02 Å². The fraction of sp³-hybridized carbons (Fsp3) is 0.368. The standard InChI is InChI=1S/C19H21ClN4O2S/c1-12(2)23-27(25,26)16-10-21-19(22-11-16)18-9-13-8-14(20)6-7-17(13)24(18)15-4-3-5-15/h6-12,15,23H,3-5H2,1-2H3. The van der Waals surface area contributed by atoms with Gasteiger partial charge in [0.2, 0.25) is 10.0 Å². The molecular formula is C19H21ClN4O2S. The summed E-state index contributed by atoms with van der Waals surface area (Å²) in [5, 5.41) is 1.72. The lowest BCUT2D eigenvalue weighted by Crippen LogP contribution is -2.30. The SMILES string of the molecule is CC(C)NS(=O)(=O)c1cnc(-c2cc3cc(Cl)ccc3n2C2CCC2)nc1. The van der Waals surface area contributed by atoms with Gasteiger partial charge in [0.05, 0.1) is 18.1 Å². The first-order valence-corrected chi connectivity index (χ1v) is 10.9. The molecule has 3 aromatic rings. The fourth-order valence-electron chi connectivity index (χ4n) is 3.38. The van der Waals surface area contributed by atoms with E-state index in [1.54, 1.807) is 13.8 Å². The predicted octanol–water partition coefficient (Wildman–Crippen LogP) is 4.16. The number of aromatic nitrogens is 3. The molecule has 2 heterocycles. The Labute approximate surface area is 163 Å². The zero-order valence-corrected chi connectivity index (χ0v) is 16.8. The molecule has 1 aliphatic carbocycles. The molecule has 1 N–H and O–H groups in total. The summed E-state index contributed by atoms with van der Waals surface area (Å²) >= 11 is 6.15. The van der Waals surface area contributed by atoms with Crippen LogP contribution in [0.1, 0.15) is 39.2 Å². The summed E-state index contributed by atoms with van der Waals surface area (Å²) < 4.78 is 29.4. The molecule has 0 atom stereocenters. The Balaban J connectivity index is 1.78. The lowest BCUT2D eigenvalue weighted by Gasteiger charge is -2.29. The normalized spacial score (nSPS) is 15.4. The second-order valence-corrected chi connectivity index (χ2v) is 9.36. The van der Waals surface area contributed by atoms with Gasteiger partial charge in [0.15, 0.2) is 5.82 Å². The van der Waals surface area contributed by atoms with Gasteiger partial charge in [-0.15, -0.1) is 0 Å². The van der Waals surface area contributed by atoms with Gasteiger partial charge in [0, 0.05) is 28.0 Å². The van der Waals surface area contributed by atoms with E-state index in [4.69, 9.17) is 11.6 Å². The molecular weight excluding hydrogens is 384 g/mol. The quantitative estimate of drug-likeness (QED) is 0.692. The minimum absolute atomic E-state index is 0.0642. The van der Waals surface area contributed by atoms with Crippen molar-refractivity contribution in [3.05, 3.63) is 41.7 Å². The zero-order chi connectivity index (χ0) is 19.2. The predicted molar refractivity (Wildman–Crippen MR) is 106 cm³/mol. The van der Waals surface area contributed by atoms with Gasteiger partial charge >= 0.3 is 0 Å². The number of hydrogen-bond donors (Lipinski definition) is 1. The highest BCUT2D eigenvalue weighted by Crippen LogP contribution is 2.39. The molecule has 0 unspecified atom stereocenters. The van der Waals surface area contributed by atoms with Crippen LogP contribution in [-0.2, 0) is 10.0 Å². The lowest BCUT2D eigenvalue weighted by molar-refractivity contribution is 0.324. The number of benzene rings is 1. The van der Waals surface area contributed by atoms with E-state index >= 15 is 0 Å². The van der Waals surface area contributed by atoms with E-state index < -0.39 is 10.0 Å². The van der Waals surface area contributed by atoms with E-state index in [2.05, 4.69) is 19.3 Å². The van der Waals surface area contributed by atoms with Crippen molar-refractivity contribution in [2.24, 2.45) is 0 Å². The Kier molecular flexibility index (Phi) is 4.70.